The second-order valence-electron chi connectivity index (χ2n) is 6.48. The van der Waals surface area contributed by atoms with E-state index in [9.17, 15) is 4.79 Å². The van der Waals surface area contributed by atoms with Crippen LogP contribution < -0.4 is 10.1 Å². The van der Waals surface area contributed by atoms with Gasteiger partial charge in [-0.15, -0.1) is 0 Å². The number of benzene rings is 1. The molecule has 134 valence electrons. The van der Waals surface area contributed by atoms with E-state index in [-0.39, 0.29) is 6.03 Å². The number of carbonyl (C=O) groups excluding carboxylic acids is 1. The average molecular weight is 342 g/mol. The quantitative estimate of drug-likeness (QED) is 0.802. The molecule has 1 N–H and O–H groups in total. The third-order valence-corrected chi connectivity index (χ3v) is 4.44. The second-order valence-corrected chi connectivity index (χ2v) is 6.48. The lowest BCUT2D eigenvalue weighted by Crippen LogP contribution is -2.41. The number of amides is 2. The molecule has 6 heteroatoms. The third-order valence-electron chi connectivity index (χ3n) is 4.44. The van der Waals surface area contributed by atoms with Gasteiger partial charge in [0, 0.05) is 32.0 Å². The summed E-state index contributed by atoms with van der Waals surface area (Å²) in [6, 6.07) is 8.01. The van der Waals surface area contributed by atoms with E-state index in [1.807, 2.05) is 42.3 Å². The first-order valence-electron chi connectivity index (χ1n) is 8.85. The molecule has 1 aliphatic rings. The zero-order valence-corrected chi connectivity index (χ0v) is 14.9. The Bertz CT molecular complexity index is 692. The SMILES string of the molecule is CCNC(=O)N(Cc1nccn1Cc1ccc(OC)cc1)CC1CC1. The van der Waals surface area contributed by atoms with E-state index in [2.05, 4.69) is 14.9 Å². The molecular formula is C19H26N4O2. The van der Waals surface area contributed by atoms with E-state index in [0.717, 1.165) is 24.7 Å². The fourth-order valence-corrected chi connectivity index (χ4v) is 2.83. The number of hydrogen-bond donors (Lipinski definition) is 1. The summed E-state index contributed by atoms with van der Waals surface area (Å²) >= 11 is 0. The van der Waals surface area contributed by atoms with Crippen molar-refractivity contribution in [3.63, 3.8) is 0 Å². The normalized spacial score (nSPS) is 13.5. The highest BCUT2D eigenvalue weighted by Crippen LogP contribution is 2.30. The monoisotopic (exact) mass is 342 g/mol. The predicted molar refractivity (Wildman–Crippen MR) is 96.5 cm³/mol. The number of carbonyl (C=O) groups is 1. The molecule has 1 aromatic carbocycles. The van der Waals surface area contributed by atoms with E-state index in [1.54, 1.807) is 13.3 Å². The van der Waals surface area contributed by atoms with Crippen LogP contribution in [0.5, 0.6) is 5.75 Å². The van der Waals surface area contributed by atoms with Crippen molar-refractivity contribution in [1.29, 1.82) is 0 Å². The van der Waals surface area contributed by atoms with Crippen molar-refractivity contribution in [2.75, 3.05) is 20.2 Å². The maximum atomic E-state index is 12.3. The lowest BCUT2D eigenvalue weighted by atomic mass is 10.2. The number of ether oxygens (including phenoxy) is 1. The van der Waals surface area contributed by atoms with Gasteiger partial charge in [-0.2, -0.15) is 0 Å². The Morgan fingerprint density at radius 2 is 2.12 bits per heavy atom. The molecule has 0 unspecified atom stereocenters. The Balaban J connectivity index is 1.69. The van der Waals surface area contributed by atoms with Crippen LogP contribution in [0.1, 0.15) is 31.2 Å². The van der Waals surface area contributed by atoms with Gasteiger partial charge in [0.05, 0.1) is 13.7 Å². The lowest BCUT2D eigenvalue weighted by Gasteiger charge is -2.23. The zero-order valence-electron chi connectivity index (χ0n) is 14.9. The van der Waals surface area contributed by atoms with Crippen LogP contribution in [0.4, 0.5) is 4.79 Å². The minimum absolute atomic E-state index is 0.00611. The molecule has 25 heavy (non-hydrogen) atoms. The Labute approximate surface area is 148 Å². The van der Waals surface area contributed by atoms with Crippen LogP contribution in [0.3, 0.4) is 0 Å². The topological polar surface area (TPSA) is 59.4 Å². The smallest absolute Gasteiger partial charge is 0.317 e. The van der Waals surface area contributed by atoms with Crippen LogP contribution in [-0.2, 0) is 13.1 Å². The summed E-state index contributed by atoms with van der Waals surface area (Å²) in [4.78, 5) is 18.7. The molecule has 3 rings (SSSR count). The van der Waals surface area contributed by atoms with E-state index >= 15 is 0 Å². The summed E-state index contributed by atoms with van der Waals surface area (Å²) in [7, 11) is 1.67. The van der Waals surface area contributed by atoms with Crippen molar-refractivity contribution in [2.45, 2.75) is 32.9 Å². The van der Waals surface area contributed by atoms with Crippen molar-refractivity contribution < 1.29 is 9.53 Å². The first-order chi connectivity index (χ1) is 12.2. The Morgan fingerprint density at radius 1 is 1.36 bits per heavy atom. The molecule has 1 fully saturated rings. The van der Waals surface area contributed by atoms with Crippen LogP contribution >= 0.6 is 0 Å². The minimum Gasteiger partial charge on any atom is -0.497 e. The standard InChI is InChI=1S/C19H26N4O2/c1-3-20-19(24)23(13-15-4-5-15)14-18-21-10-11-22(18)12-16-6-8-17(25-2)9-7-16/h6-11,15H,3-5,12-14H2,1-2H3,(H,20,24). The van der Waals surface area contributed by atoms with Crippen LogP contribution in [0.15, 0.2) is 36.7 Å². The molecule has 1 heterocycles. The second kappa shape index (κ2) is 8.05. The minimum atomic E-state index is -0.00611. The van der Waals surface area contributed by atoms with Gasteiger partial charge in [-0.25, -0.2) is 9.78 Å². The number of imidazole rings is 1. The van der Waals surface area contributed by atoms with E-state index < -0.39 is 0 Å². The number of aromatic nitrogens is 2. The van der Waals surface area contributed by atoms with E-state index in [4.69, 9.17) is 4.74 Å². The fourth-order valence-electron chi connectivity index (χ4n) is 2.83. The molecule has 1 aliphatic carbocycles. The van der Waals surface area contributed by atoms with E-state index in [1.165, 1.54) is 18.4 Å². The molecule has 0 saturated heterocycles. The highest BCUT2D eigenvalue weighted by Gasteiger charge is 2.27. The summed E-state index contributed by atoms with van der Waals surface area (Å²) in [5.74, 6) is 2.40. The largest absolute Gasteiger partial charge is 0.497 e. The van der Waals surface area contributed by atoms with Gasteiger partial charge < -0.3 is 19.5 Å². The molecule has 0 spiro atoms. The molecule has 1 aromatic heterocycles. The zero-order chi connectivity index (χ0) is 17.6. The Kier molecular flexibility index (Phi) is 5.58. The molecule has 0 radical (unpaired) electrons. The number of methoxy groups -OCH3 is 1. The summed E-state index contributed by atoms with van der Waals surface area (Å²) < 4.78 is 7.30. The van der Waals surface area contributed by atoms with Gasteiger partial charge >= 0.3 is 6.03 Å². The van der Waals surface area contributed by atoms with Crippen LogP contribution in [-0.4, -0.2) is 40.7 Å². The number of rotatable bonds is 8. The van der Waals surface area contributed by atoms with Gasteiger partial charge in [0.1, 0.15) is 11.6 Å². The third kappa shape index (κ3) is 4.75. The van der Waals surface area contributed by atoms with E-state index in [0.29, 0.717) is 19.0 Å². The lowest BCUT2D eigenvalue weighted by molar-refractivity contribution is 0.191. The number of hydrogen-bond acceptors (Lipinski definition) is 3. The number of nitrogens with one attached hydrogen (secondary N) is 1. The van der Waals surface area contributed by atoms with Gasteiger partial charge in [0.25, 0.3) is 0 Å². The van der Waals surface area contributed by atoms with Gasteiger partial charge in [-0.1, -0.05) is 12.1 Å². The average Bonchev–Trinajstić information content (AvgIpc) is 3.34. The van der Waals surface area contributed by atoms with Crippen molar-refractivity contribution in [3.8, 4) is 5.75 Å². The first-order valence-corrected chi connectivity index (χ1v) is 8.85. The summed E-state index contributed by atoms with van der Waals surface area (Å²) in [6.45, 7) is 4.65. The Hall–Kier alpha value is -2.50. The predicted octanol–water partition coefficient (Wildman–Crippen LogP) is 2.88. The summed E-state index contributed by atoms with van der Waals surface area (Å²) in [6.07, 6.45) is 6.20. The van der Waals surface area contributed by atoms with Crippen LogP contribution in [0.2, 0.25) is 0 Å². The molecule has 2 amide bonds. The Morgan fingerprint density at radius 3 is 2.76 bits per heavy atom. The van der Waals surface area contributed by atoms with Crippen LogP contribution in [0.25, 0.3) is 0 Å². The van der Waals surface area contributed by atoms with Crippen molar-refractivity contribution >= 4 is 6.03 Å². The van der Waals surface area contributed by atoms with Gasteiger partial charge in [0.2, 0.25) is 0 Å². The van der Waals surface area contributed by atoms with Gasteiger partial charge in [0.15, 0.2) is 0 Å². The molecule has 0 atom stereocenters. The number of nitrogens with zero attached hydrogens (tertiary/aromatic N) is 3. The molecule has 0 aliphatic heterocycles. The maximum absolute atomic E-state index is 12.3. The molecule has 1 saturated carbocycles. The van der Waals surface area contributed by atoms with Gasteiger partial charge in [-0.3, -0.25) is 0 Å². The molecule has 0 bridgehead atoms. The summed E-state index contributed by atoms with van der Waals surface area (Å²) in [5, 5.41) is 2.91. The van der Waals surface area contributed by atoms with Crippen molar-refractivity contribution in [1.82, 2.24) is 19.8 Å². The number of urea groups is 1. The molecule has 6 nitrogen and oxygen atoms in total. The van der Waals surface area contributed by atoms with Crippen molar-refractivity contribution in [3.05, 3.63) is 48.0 Å². The summed E-state index contributed by atoms with van der Waals surface area (Å²) in [5.41, 5.74) is 1.17. The van der Waals surface area contributed by atoms with Crippen LogP contribution in [0, 0.1) is 5.92 Å². The van der Waals surface area contributed by atoms with Gasteiger partial charge in [-0.05, 0) is 43.4 Å². The first kappa shape index (κ1) is 17.3. The molecular weight excluding hydrogens is 316 g/mol. The fraction of sp³-hybridized carbons (Fsp3) is 0.474. The molecule has 2 aromatic rings. The highest BCUT2D eigenvalue weighted by atomic mass is 16.5. The van der Waals surface area contributed by atoms with Crippen molar-refractivity contribution in [2.24, 2.45) is 5.92 Å². The highest BCUT2D eigenvalue weighted by molar-refractivity contribution is 5.74. The maximum Gasteiger partial charge on any atom is 0.317 e.